The molecule has 1 N–H and O–H groups in total. The van der Waals surface area contributed by atoms with Crippen molar-refractivity contribution >= 4 is 22.6 Å². The van der Waals surface area contributed by atoms with Crippen LogP contribution in [0.5, 0.6) is 0 Å². The lowest BCUT2D eigenvalue weighted by Gasteiger charge is -2.11. The number of benzene rings is 2. The van der Waals surface area contributed by atoms with Crippen LogP contribution in [0.3, 0.4) is 0 Å². The van der Waals surface area contributed by atoms with Crippen molar-refractivity contribution in [2.75, 3.05) is 5.32 Å². The van der Waals surface area contributed by atoms with Gasteiger partial charge in [-0.2, -0.15) is 5.10 Å². The fourth-order valence-electron chi connectivity index (χ4n) is 3.52. The fraction of sp³-hybridized carbons (Fsp3) is 0.174. The lowest BCUT2D eigenvalue weighted by Crippen LogP contribution is -2.14. The topological polar surface area (TPSA) is 59.8 Å². The minimum Gasteiger partial charge on any atom is -0.322 e. The van der Waals surface area contributed by atoms with Crippen molar-refractivity contribution in [3.05, 3.63) is 77.0 Å². The summed E-state index contributed by atoms with van der Waals surface area (Å²) in [7, 11) is 1.85. The quantitative estimate of drug-likeness (QED) is 0.563. The first-order chi connectivity index (χ1) is 13.4. The molecule has 0 unspecified atom stereocenters. The van der Waals surface area contributed by atoms with Crippen molar-refractivity contribution in [2.45, 2.75) is 20.8 Å². The SMILES string of the molecule is Cc1ccc(NC(=O)c2cc(-c3ccccc3)nc3c2c(C)nn3C)c(C)c1. The molecule has 2 aromatic carbocycles. The third-order valence-electron chi connectivity index (χ3n) is 4.91. The van der Waals surface area contributed by atoms with Crippen LogP contribution in [0.4, 0.5) is 5.69 Å². The number of nitrogens with zero attached hydrogens (tertiary/aromatic N) is 3. The van der Waals surface area contributed by atoms with E-state index in [1.165, 1.54) is 0 Å². The monoisotopic (exact) mass is 370 g/mol. The fourth-order valence-corrected chi connectivity index (χ4v) is 3.52. The first-order valence-electron chi connectivity index (χ1n) is 9.22. The average molecular weight is 370 g/mol. The van der Waals surface area contributed by atoms with Gasteiger partial charge in [-0.3, -0.25) is 9.48 Å². The number of nitrogens with one attached hydrogen (secondary N) is 1. The summed E-state index contributed by atoms with van der Waals surface area (Å²) in [5, 5.41) is 8.32. The number of hydrogen-bond acceptors (Lipinski definition) is 3. The van der Waals surface area contributed by atoms with Gasteiger partial charge in [-0.25, -0.2) is 4.98 Å². The van der Waals surface area contributed by atoms with E-state index in [0.717, 1.165) is 39.2 Å². The Morgan fingerprint density at radius 3 is 2.46 bits per heavy atom. The van der Waals surface area contributed by atoms with E-state index in [1.54, 1.807) is 4.68 Å². The van der Waals surface area contributed by atoms with Crippen LogP contribution in [0.2, 0.25) is 0 Å². The highest BCUT2D eigenvalue weighted by molar-refractivity contribution is 6.13. The molecule has 0 saturated carbocycles. The van der Waals surface area contributed by atoms with E-state index >= 15 is 0 Å². The van der Waals surface area contributed by atoms with Crippen LogP contribution in [-0.4, -0.2) is 20.7 Å². The second-order valence-electron chi connectivity index (χ2n) is 7.10. The normalized spacial score (nSPS) is 11.0. The predicted molar refractivity (Wildman–Crippen MR) is 113 cm³/mol. The van der Waals surface area contributed by atoms with Gasteiger partial charge in [0.1, 0.15) is 0 Å². The third kappa shape index (κ3) is 3.16. The molecule has 0 radical (unpaired) electrons. The Kier molecular flexibility index (Phi) is 4.43. The van der Waals surface area contributed by atoms with E-state index in [0.29, 0.717) is 11.2 Å². The molecule has 4 rings (SSSR count). The van der Waals surface area contributed by atoms with Crippen molar-refractivity contribution in [1.29, 1.82) is 0 Å². The second-order valence-corrected chi connectivity index (χ2v) is 7.10. The zero-order valence-electron chi connectivity index (χ0n) is 16.4. The highest BCUT2D eigenvalue weighted by atomic mass is 16.1. The molecule has 0 bridgehead atoms. The van der Waals surface area contributed by atoms with Gasteiger partial charge in [-0.1, -0.05) is 48.0 Å². The van der Waals surface area contributed by atoms with Gasteiger partial charge in [0.15, 0.2) is 5.65 Å². The molecule has 5 nitrogen and oxygen atoms in total. The van der Waals surface area contributed by atoms with Crippen LogP contribution in [0.1, 0.15) is 27.2 Å². The lowest BCUT2D eigenvalue weighted by molar-refractivity contribution is 0.102. The van der Waals surface area contributed by atoms with Gasteiger partial charge in [0.25, 0.3) is 5.91 Å². The van der Waals surface area contributed by atoms with Crippen molar-refractivity contribution < 1.29 is 4.79 Å². The van der Waals surface area contributed by atoms with Crippen LogP contribution in [-0.2, 0) is 7.05 Å². The number of aromatic nitrogens is 3. The summed E-state index contributed by atoms with van der Waals surface area (Å²) in [6.45, 7) is 5.94. The van der Waals surface area contributed by atoms with E-state index in [4.69, 9.17) is 4.98 Å². The molecule has 0 atom stereocenters. The molecule has 0 aliphatic rings. The number of carbonyl (C=O) groups excluding carboxylic acids is 1. The van der Waals surface area contributed by atoms with Crippen molar-refractivity contribution in [3.8, 4) is 11.3 Å². The number of rotatable bonds is 3. The van der Waals surface area contributed by atoms with Gasteiger partial charge < -0.3 is 5.32 Å². The van der Waals surface area contributed by atoms with Crippen LogP contribution in [0, 0.1) is 20.8 Å². The Morgan fingerprint density at radius 2 is 1.75 bits per heavy atom. The molecule has 1 amide bonds. The summed E-state index contributed by atoms with van der Waals surface area (Å²) < 4.78 is 1.73. The number of fused-ring (bicyclic) bond motifs is 1. The molecular weight excluding hydrogens is 348 g/mol. The maximum atomic E-state index is 13.2. The molecule has 0 aliphatic carbocycles. The van der Waals surface area contributed by atoms with Gasteiger partial charge in [-0.05, 0) is 38.5 Å². The molecule has 0 fully saturated rings. The summed E-state index contributed by atoms with van der Waals surface area (Å²) in [5.41, 5.74) is 6.78. The number of anilines is 1. The minimum atomic E-state index is -0.160. The largest absolute Gasteiger partial charge is 0.322 e. The maximum absolute atomic E-state index is 13.2. The average Bonchev–Trinajstić information content (AvgIpc) is 2.98. The third-order valence-corrected chi connectivity index (χ3v) is 4.91. The molecule has 2 heterocycles. The molecule has 4 aromatic rings. The Balaban J connectivity index is 1.86. The molecule has 0 spiro atoms. The van der Waals surface area contributed by atoms with Gasteiger partial charge in [-0.15, -0.1) is 0 Å². The zero-order chi connectivity index (χ0) is 19.8. The molecule has 140 valence electrons. The van der Waals surface area contributed by atoms with Gasteiger partial charge in [0.2, 0.25) is 0 Å². The smallest absolute Gasteiger partial charge is 0.256 e. The van der Waals surface area contributed by atoms with Crippen molar-refractivity contribution in [3.63, 3.8) is 0 Å². The maximum Gasteiger partial charge on any atom is 0.256 e. The molecular formula is C23H22N4O. The minimum absolute atomic E-state index is 0.160. The summed E-state index contributed by atoms with van der Waals surface area (Å²) in [6, 6.07) is 17.7. The zero-order valence-corrected chi connectivity index (χ0v) is 16.4. The van der Waals surface area contributed by atoms with Gasteiger partial charge in [0, 0.05) is 18.3 Å². The van der Waals surface area contributed by atoms with E-state index in [1.807, 2.05) is 76.3 Å². The molecule has 5 heteroatoms. The molecule has 0 aliphatic heterocycles. The number of pyridine rings is 1. The van der Waals surface area contributed by atoms with Crippen LogP contribution in [0.15, 0.2) is 54.6 Å². The summed E-state index contributed by atoms with van der Waals surface area (Å²) in [5.74, 6) is -0.160. The first-order valence-corrected chi connectivity index (χ1v) is 9.22. The Bertz CT molecular complexity index is 1190. The van der Waals surface area contributed by atoms with Crippen molar-refractivity contribution in [2.24, 2.45) is 7.05 Å². The Morgan fingerprint density at radius 1 is 1.00 bits per heavy atom. The standard InChI is InChI=1S/C23H22N4O/c1-14-10-11-19(15(2)12-14)25-23(28)18-13-20(17-8-6-5-7-9-17)24-22-21(18)16(3)26-27(22)4/h5-13H,1-4H3,(H,25,28). The molecule has 28 heavy (non-hydrogen) atoms. The highest BCUT2D eigenvalue weighted by Gasteiger charge is 2.19. The summed E-state index contributed by atoms with van der Waals surface area (Å²) >= 11 is 0. The second kappa shape index (κ2) is 6.93. The van der Waals surface area contributed by atoms with Crippen LogP contribution in [0.25, 0.3) is 22.3 Å². The number of carbonyl (C=O) groups is 1. The van der Waals surface area contributed by atoms with E-state index in [-0.39, 0.29) is 5.91 Å². The van der Waals surface area contributed by atoms with Gasteiger partial charge >= 0.3 is 0 Å². The number of hydrogen-bond donors (Lipinski definition) is 1. The predicted octanol–water partition coefficient (Wildman–Crippen LogP) is 4.81. The summed E-state index contributed by atoms with van der Waals surface area (Å²) in [6.07, 6.45) is 0. The van der Waals surface area contributed by atoms with E-state index < -0.39 is 0 Å². The Labute approximate surface area is 164 Å². The lowest BCUT2D eigenvalue weighted by atomic mass is 10.0. The summed E-state index contributed by atoms with van der Waals surface area (Å²) in [4.78, 5) is 18.0. The van der Waals surface area contributed by atoms with E-state index in [2.05, 4.69) is 16.5 Å². The van der Waals surface area contributed by atoms with Gasteiger partial charge in [0.05, 0.1) is 22.3 Å². The number of amides is 1. The van der Waals surface area contributed by atoms with E-state index in [9.17, 15) is 4.79 Å². The highest BCUT2D eigenvalue weighted by Crippen LogP contribution is 2.28. The van der Waals surface area contributed by atoms with Crippen LogP contribution >= 0.6 is 0 Å². The van der Waals surface area contributed by atoms with Crippen molar-refractivity contribution in [1.82, 2.24) is 14.8 Å². The number of aryl methyl sites for hydroxylation is 4. The van der Waals surface area contributed by atoms with Crippen LogP contribution < -0.4 is 5.32 Å². The molecule has 2 aromatic heterocycles. The Hall–Kier alpha value is -3.47. The first kappa shape index (κ1) is 17.9. The molecule has 0 saturated heterocycles.